The van der Waals surface area contributed by atoms with Crippen molar-refractivity contribution in [1.82, 2.24) is 4.90 Å². The standard InChI is InChI=1S/C20H19F4N3O4/c1-25-15(20(22,23)24)8-16(28)27(18(25)30)12-7-13-14(6-11(12)21)31-19(4-5-19)17(29)26(13)9-10-2-3-10/h6-8,10,16,28H,2-5,9H2,1H3. The van der Waals surface area contributed by atoms with E-state index < -0.39 is 41.2 Å². The number of aliphatic hydroxyl groups excluding tert-OH is 1. The second kappa shape index (κ2) is 6.35. The van der Waals surface area contributed by atoms with Crippen LogP contribution in [0.5, 0.6) is 5.75 Å². The van der Waals surface area contributed by atoms with E-state index >= 15 is 0 Å². The van der Waals surface area contributed by atoms with Crippen molar-refractivity contribution in [3.63, 3.8) is 0 Å². The Kier molecular flexibility index (Phi) is 4.12. The summed E-state index contributed by atoms with van der Waals surface area (Å²) in [5.41, 5.74) is -2.53. The van der Waals surface area contributed by atoms with Crippen LogP contribution in [0.15, 0.2) is 23.9 Å². The quantitative estimate of drug-likeness (QED) is 0.732. The maximum atomic E-state index is 15.0. The minimum atomic E-state index is -4.87. The van der Waals surface area contributed by atoms with Gasteiger partial charge in [0.05, 0.1) is 11.4 Å². The maximum absolute atomic E-state index is 15.0. The summed E-state index contributed by atoms with van der Waals surface area (Å²) < 4.78 is 60.2. The van der Waals surface area contributed by atoms with Crippen LogP contribution in [0.2, 0.25) is 0 Å². The number of nitrogens with zero attached hydrogens (tertiary/aromatic N) is 3. The number of anilines is 2. The van der Waals surface area contributed by atoms with Gasteiger partial charge in [0.25, 0.3) is 5.91 Å². The molecule has 0 radical (unpaired) electrons. The summed E-state index contributed by atoms with van der Waals surface area (Å²) >= 11 is 0. The van der Waals surface area contributed by atoms with Crippen molar-refractivity contribution in [1.29, 1.82) is 0 Å². The van der Waals surface area contributed by atoms with Crippen molar-refractivity contribution in [2.45, 2.75) is 43.7 Å². The predicted molar refractivity (Wildman–Crippen MR) is 99.9 cm³/mol. The molecule has 2 fully saturated rings. The van der Waals surface area contributed by atoms with Crippen molar-refractivity contribution in [3.8, 4) is 5.75 Å². The third-order valence-corrected chi connectivity index (χ3v) is 6.08. The van der Waals surface area contributed by atoms with Crippen LogP contribution in [0.1, 0.15) is 25.7 Å². The number of ether oxygens (including phenoxy) is 1. The normalized spacial score (nSPS) is 24.9. The number of halogens is 4. The molecule has 0 saturated heterocycles. The Morgan fingerprint density at radius 2 is 1.87 bits per heavy atom. The third kappa shape index (κ3) is 3.13. The van der Waals surface area contributed by atoms with E-state index in [1.165, 1.54) is 11.0 Å². The van der Waals surface area contributed by atoms with Gasteiger partial charge in [0, 0.05) is 32.5 Å². The first-order valence-electron chi connectivity index (χ1n) is 9.90. The molecule has 1 unspecified atom stereocenters. The average molecular weight is 441 g/mol. The second-order valence-corrected chi connectivity index (χ2v) is 8.40. The molecule has 2 aliphatic heterocycles. The molecule has 31 heavy (non-hydrogen) atoms. The smallest absolute Gasteiger partial charge is 0.431 e. The molecule has 1 aromatic rings. The molecule has 11 heteroatoms. The van der Waals surface area contributed by atoms with Crippen molar-refractivity contribution in [2.24, 2.45) is 5.92 Å². The Hall–Kier alpha value is -2.82. The highest BCUT2D eigenvalue weighted by Gasteiger charge is 2.58. The Labute approximate surface area is 174 Å². The summed E-state index contributed by atoms with van der Waals surface area (Å²) in [6, 6.07) is 0.943. The van der Waals surface area contributed by atoms with E-state index in [9.17, 15) is 32.3 Å². The average Bonchev–Trinajstić information content (AvgIpc) is 3.59. The summed E-state index contributed by atoms with van der Waals surface area (Å²) in [6.45, 7) is 0.413. The highest BCUT2D eigenvalue weighted by molar-refractivity contribution is 6.06. The highest BCUT2D eigenvalue weighted by atomic mass is 19.4. The van der Waals surface area contributed by atoms with Crippen LogP contribution in [-0.4, -0.2) is 53.5 Å². The number of fused-ring (bicyclic) bond motifs is 1. The zero-order chi connectivity index (χ0) is 22.3. The minimum absolute atomic E-state index is 0.137. The number of urea groups is 1. The molecule has 0 bridgehead atoms. The molecule has 2 heterocycles. The van der Waals surface area contributed by atoms with Gasteiger partial charge < -0.3 is 14.7 Å². The van der Waals surface area contributed by atoms with Crippen LogP contribution in [0.25, 0.3) is 0 Å². The first-order chi connectivity index (χ1) is 14.5. The van der Waals surface area contributed by atoms with Gasteiger partial charge in [-0.3, -0.25) is 14.6 Å². The number of amides is 3. The van der Waals surface area contributed by atoms with Crippen molar-refractivity contribution in [3.05, 3.63) is 29.7 Å². The van der Waals surface area contributed by atoms with E-state index in [-0.39, 0.29) is 17.3 Å². The first kappa shape index (κ1) is 20.1. The van der Waals surface area contributed by atoms with Gasteiger partial charge >= 0.3 is 12.2 Å². The zero-order valence-corrected chi connectivity index (χ0v) is 16.4. The van der Waals surface area contributed by atoms with Crippen molar-refractivity contribution >= 4 is 23.3 Å². The zero-order valence-electron chi connectivity index (χ0n) is 16.4. The minimum Gasteiger partial charge on any atom is -0.475 e. The van der Waals surface area contributed by atoms with Gasteiger partial charge in [-0.05, 0) is 30.9 Å². The van der Waals surface area contributed by atoms with Gasteiger partial charge in [-0.1, -0.05) is 0 Å². The van der Waals surface area contributed by atoms with E-state index in [0.717, 1.165) is 26.0 Å². The van der Waals surface area contributed by atoms with Crippen molar-refractivity contribution < 1.29 is 37.0 Å². The Bertz CT molecular complexity index is 1020. The summed E-state index contributed by atoms with van der Waals surface area (Å²) in [4.78, 5) is 27.9. The first-order valence-corrected chi connectivity index (χ1v) is 9.90. The number of carbonyl (C=O) groups excluding carboxylic acids is 2. The van der Waals surface area contributed by atoms with Crippen LogP contribution in [-0.2, 0) is 4.79 Å². The van der Waals surface area contributed by atoms with Crippen LogP contribution in [0.4, 0.5) is 33.7 Å². The van der Waals surface area contributed by atoms with Gasteiger partial charge in [0.1, 0.15) is 11.4 Å². The number of hydrogen-bond donors (Lipinski definition) is 1. The van der Waals surface area contributed by atoms with E-state index in [2.05, 4.69) is 0 Å². The Morgan fingerprint density at radius 3 is 2.45 bits per heavy atom. The fourth-order valence-corrected chi connectivity index (χ4v) is 4.02. The fraction of sp³-hybridized carbons (Fsp3) is 0.500. The maximum Gasteiger partial charge on any atom is 0.431 e. The molecule has 3 amide bonds. The molecule has 1 N–H and O–H groups in total. The number of rotatable bonds is 3. The van der Waals surface area contributed by atoms with Crippen LogP contribution >= 0.6 is 0 Å². The number of allylic oxidation sites excluding steroid dienone is 1. The second-order valence-electron chi connectivity index (χ2n) is 8.40. The lowest BCUT2D eigenvalue weighted by Gasteiger charge is -2.39. The third-order valence-electron chi connectivity index (χ3n) is 6.08. The molecule has 2 aliphatic carbocycles. The van der Waals surface area contributed by atoms with Crippen LogP contribution < -0.4 is 14.5 Å². The molecule has 4 aliphatic rings. The number of aliphatic hydroxyl groups is 1. The monoisotopic (exact) mass is 441 g/mol. The topological polar surface area (TPSA) is 73.3 Å². The molecular weight excluding hydrogens is 422 g/mol. The van der Waals surface area contributed by atoms with Gasteiger partial charge in [-0.25, -0.2) is 9.18 Å². The van der Waals surface area contributed by atoms with Crippen LogP contribution in [0.3, 0.4) is 0 Å². The summed E-state index contributed by atoms with van der Waals surface area (Å²) in [5.74, 6) is -0.756. The lowest BCUT2D eigenvalue weighted by atomic mass is 10.1. The van der Waals surface area contributed by atoms with Gasteiger partial charge in [-0.15, -0.1) is 0 Å². The van der Waals surface area contributed by atoms with E-state index in [4.69, 9.17) is 4.74 Å². The number of carbonyl (C=O) groups is 2. The fourth-order valence-electron chi connectivity index (χ4n) is 4.02. The number of alkyl halides is 3. The summed E-state index contributed by atoms with van der Waals surface area (Å²) in [6.07, 6.45) is -3.52. The largest absolute Gasteiger partial charge is 0.475 e. The Balaban J connectivity index is 1.57. The lowest BCUT2D eigenvalue weighted by Crippen LogP contribution is -2.53. The van der Waals surface area contributed by atoms with E-state index in [1.807, 2.05) is 0 Å². The van der Waals surface area contributed by atoms with Gasteiger partial charge in [0.2, 0.25) is 0 Å². The summed E-state index contributed by atoms with van der Waals surface area (Å²) in [7, 11) is 0.889. The number of benzene rings is 1. The number of hydrogen-bond acceptors (Lipinski definition) is 4. The molecule has 2 saturated carbocycles. The SMILES string of the molecule is CN1C(=O)N(c2cc3c(cc2F)OC2(CC2)C(=O)N3CC2CC2)C(O)C=C1C(F)(F)F. The van der Waals surface area contributed by atoms with E-state index in [0.29, 0.717) is 41.2 Å². The van der Waals surface area contributed by atoms with E-state index in [1.54, 1.807) is 0 Å². The van der Waals surface area contributed by atoms with Gasteiger partial charge in [0.15, 0.2) is 17.6 Å². The predicted octanol–water partition coefficient (Wildman–Crippen LogP) is 3.13. The van der Waals surface area contributed by atoms with Gasteiger partial charge in [-0.2, -0.15) is 13.2 Å². The lowest BCUT2D eigenvalue weighted by molar-refractivity contribution is -0.128. The molecule has 1 spiro atoms. The molecular formula is C20H19F4N3O4. The molecule has 1 atom stereocenters. The van der Waals surface area contributed by atoms with Crippen molar-refractivity contribution in [2.75, 3.05) is 23.4 Å². The summed E-state index contributed by atoms with van der Waals surface area (Å²) in [5, 5.41) is 10.3. The molecule has 0 aromatic heterocycles. The Morgan fingerprint density at radius 1 is 1.19 bits per heavy atom. The molecule has 1 aromatic carbocycles. The highest BCUT2D eigenvalue weighted by Crippen LogP contribution is 2.51. The molecule has 166 valence electrons. The molecule has 7 nitrogen and oxygen atoms in total. The molecule has 5 rings (SSSR count). The van der Waals surface area contributed by atoms with Crippen LogP contribution in [0, 0.1) is 11.7 Å².